The van der Waals surface area contributed by atoms with Crippen LogP contribution in [0.15, 0.2) is 64.8 Å². The normalized spacial score (nSPS) is 15.6. The van der Waals surface area contributed by atoms with Gasteiger partial charge in [-0.05, 0) is 49.2 Å². The van der Waals surface area contributed by atoms with Crippen LogP contribution >= 0.6 is 11.6 Å². The molecule has 2 aromatic heterocycles. The lowest BCUT2D eigenvalue weighted by Gasteiger charge is -2.40. The molecule has 0 aliphatic carbocycles. The van der Waals surface area contributed by atoms with E-state index in [-0.39, 0.29) is 69.6 Å². The molecule has 0 radical (unpaired) electrons. The van der Waals surface area contributed by atoms with Gasteiger partial charge in [0.05, 0.1) is 26.6 Å². The molecule has 0 bridgehead atoms. The van der Waals surface area contributed by atoms with Crippen LogP contribution in [0.3, 0.4) is 0 Å². The number of sulfone groups is 1. The van der Waals surface area contributed by atoms with E-state index in [0.29, 0.717) is 12.0 Å². The third kappa shape index (κ3) is 5.40. The molecule has 9 nitrogen and oxygen atoms in total. The highest BCUT2D eigenvalue weighted by atomic mass is 35.5. The topological polar surface area (TPSA) is 105 Å². The Morgan fingerprint density at radius 3 is 2.49 bits per heavy atom. The fourth-order valence-corrected chi connectivity index (χ4v) is 6.58. The molecule has 3 heterocycles. The summed E-state index contributed by atoms with van der Waals surface area (Å²) in [5.74, 6) is -1.90. The highest BCUT2D eigenvalue weighted by Crippen LogP contribution is 2.36. The zero-order valence-electron chi connectivity index (χ0n) is 23.6. The quantitative estimate of drug-likeness (QED) is 0.289. The van der Waals surface area contributed by atoms with Crippen LogP contribution in [-0.2, 0) is 21.1 Å². The first-order chi connectivity index (χ1) is 20.4. The van der Waals surface area contributed by atoms with E-state index in [1.165, 1.54) is 24.3 Å². The lowest BCUT2D eigenvalue weighted by molar-refractivity contribution is -0.126. The third-order valence-electron chi connectivity index (χ3n) is 7.47. The van der Waals surface area contributed by atoms with Crippen LogP contribution in [0.1, 0.15) is 19.4 Å². The Bertz CT molecular complexity index is 1940. The van der Waals surface area contributed by atoms with E-state index in [0.717, 1.165) is 23.0 Å². The van der Waals surface area contributed by atoms with Gasteiger partial charge in [0.1, 0.15) is 17.3 Å². The molecule has 0 saturated carbocycles. The predicted octanol–water partition coefficient (Wildman–Crippen LogP) is 4.57. The standard InChI is InChI=1S/C30H28ClF2N5O4S/c1-5-18-9-7-12-23(43(4,41)42)27(18)38-29-19(15-22(33)26(34-29)25-20(31)10-8-11-21(25)32)28(35-30(38)40)37-14-13-36(16-17(37)3)24(39)6-2/h6-12,15,17H,2,5,13-14,16H2,1,3-4H3/t17-/m0/s1. The van der Waals surface area contributed by atoms with Crippen molar-refractivity contribution >= 4 is 44.2 Å². The molecule has 0 spiro atoms. The van der Waals surface area contributed by atoms with Gasteiger partial charge in [0.25, 0.3) is 0 Å². The van der Waals surface area contributed by atoms with Crippen LogP contribution in [-0.4, -0.2) is 65.7 Å². The molecule has 224 valence electrons. The Kier molecular flexibility index (Phi) is 8.10. The van der Waals surface area contributed by atoms with Crippen LogP contribution in [0, 0.1) is 11.6 Å². The number of benzene rings is 2. The molecule has 1 aliphatic heterocycles. The third-order valence-corrected chi connectivity index (χ3v) is 8.92. The monoisotopic (exact) mass is 627 g/mol. The summed E-state index contributed by atoms with van der Waals surface area (Å²) in [4.78, 5) is 38.2. The van der Waals surface area contributed by atoms with Gasteiger partial charge in [0, 0.05) is 31.9 Å². The van der Waals surface area contributed by atoms with Crippen LogP contribution in [0.25, 0.3) is 28.0 Å². The number of aryl methyl sites for hydroxylation is 1. The highest BCUT2D eigenvalue weighted by molar-refractivity contribution is 7.90. The molecular weight excluding hydrogens is 600 g/mol. The van der Waals surface area contributed by atoms with Crippen molar-refractivity contribution in [2.75, 3.05) is 30.8 Å². The molecule has 5 rings (SSSR count). The molecule has 1 saturated heterocycles. The minimum Gasteiger partial charge on any atom is -0.350 e. The number of anilines is 1. The first-order valence-corrected chi connectivity index (χ1v) is 15.7. The lowest BCUT2D eigenvalue weighted by atomic mass is 10.1. The second-order valence-corrected chi connectivity index (χ2v) is 12.7. The number of pyridine rings is 1. The van der Waals surface area contributed by atoms with Crippen molar-refractivity contribution < 1.29 is 22.0 Å². The van der Waals surface area contributed by atoms with Gasteiger partial charge in [-0.15, -0.1) is 0 Å². The number of nitrogens with zero attached hydrogens (tertiary/aromatic N) is 5. The largest absolute Gasteiger partial charge is 0.355 e. The van der Waals surface area contributed by atoms with Gasteiger partial charge in [-0.2, -0.15) is 4.98 Å². The zero-order chi connectivity index (χ0) is 31.2. The van der Waals surface area contributed by atoms with Gasteiger partial charge in [-0.1, -0.05) is 43.3 Å². The van der Waals surface area contributed by atoms with E-state index in [1.54, 1.807) is 28.9 Å². The smallest absolute Gasteiger partial charge is 0.350 e. The van der Waals surface area contributed by atoms with Gasteiger partial charge in [-0.25, -0.2) is 31.5 Å². The Morgan fingerprint density at radius 2 is 1.86 bits per heavy atom. The van der Waals surface area contributed by atoms with Gasteiger partial charge in [0.15, 0.2) is 21.3 Å². The average molecular weight is 628 g/mol. The SMILES string of the molecule is C=CC(=O)N1CCN(c2nc(=O)n(-c3c(CC)cccc3S(C)(=O)=O)c3nc(-c4c(F)cccc4Cl)c(F)cc23)[C@@H](C)C1. The van der Waals surface area contributed by atoms with Crippen molar-refractivity contribution in [2.45, 2.75) is 31.2 Å². The van der Waals surface area contributed by atoms with Gasteiger partial charge >= 0.3 is 5.69 Å². The molecule has 43 heavy (non-hydrogen) atoms. The summed E-state index contributed by atoms with van der Waals surface area (Å²) in [5, 5.41) is -0.00893. The molecule has 1 atom stereocenters. The number of piperazine rings is 1. The number of para-hydroxylation sites is 1. The molecule has 0 N–H and O–H groups in total. The van der Waals surface area contributed by atoms with E-state index in [2.05, 4.69) is 16.5 Å². The summed E-state index contributed by atoms with van der Waals surface area (Å²) >= 11 is 6.28. The number of halogens is 3. The van der Waals surface area contributed by atoms with E-state index in [1.807, 2.05) is 6.92 Å². The molecule has 2 aromatic carbocycles. The van der Waals surface area contributed by atoms with Gasteiger partial charge in [-0.3, -0.25) is 4.79 Å². The fourth-order valence-electron chi connectivity index (χ4n) is 5.43. The van der Waals surface area contributed by atoms with E-state index in [9.17, 15) is 18.0 Å². The second kappa shape index (κ2) is 11.5. The molecule has 0 unspecified atom stereocenters. The second-order valence-electron chi connectivity index (χ2n) is 10.3. The average Bonchev–Trinajstić information content (AvgIpc) is 2.96. The zero-order valence-corrected chi connectivity index (χ0v) is 25.2. The molecule has 1 fully saturated rings. The van der Waals surface area contributed by atoms with Crippen molar-refractivity contribution in [2.24, 2.45) is 0 Å². The number of fused-ring (bicyclic) bond motifs is 1. The number of rotatable bonds is 6. The Hall–Kier alpha value is -4.16. The number of carbonyl (C=O) groups is 1. The lowest BCUT2D eigenvalue weighted by Crippen LogP contribution is -2.54. The summed E-state index contributed by atoms with van der Waals surface area (Å²) in [5.41, 5.74) is -1.23. The summed E-state index contributed by atoms with van der Waals surface area (Å²) in [6, 6.07) is 9.22. The maximum absolute atomic E-state index is 15.9. The summed E-state index contributed by atoms with van der Waals surface area (Å²) in [7, 11) is -3.87. The van der Waals surface area contributed by atoms with Crippen LogP contribution < -0.4 is 10.6 Å². The minimum atomic E-state index is -3.87. The number of amides is 1. The maximum atomic E-state index is 15.9. The molecule has 1 aliphatic rings. The summed E-state index contributed by atoms with van der Waals surface area (Å²) in [6.45, 7) is 7.99. The van der Waals surface area contributed by atoms with E-state index in [4.69, 9.17) is 11.6 Å². The van der Waals surface area contributed by atoms with Crippen molar-refractivity contribution in [3.8, 4) is 16.9 Å². The Morgan fingerprint density at radius 1 is 1.14 bits per heavy atom. The van der Waals surface area contributed by atoms with E-state index < -0.39 is 32.9 Å². The molecule has 4 aromatic rings. The number of hydrogen-bond acceptors (Lipinski definition) is 7. The first-order valence-electron chi connectivity index (χ1n) is 13.4. The van der Waals surface area contributed by atoms with Crippen LogP contribution in [0.2, 0.25) is 5.02 Å². The van der Waals surface area contributed by atoms with Crippen molar-refractivity contribution in [3.63, 3.8) is 0 Å². The van der Waals surface area contributed by atoms with Gasteiger partial charge < -0.3 is 9.80 Å². The van der Waals surface area contributed by atoms with Crippen LogP contribution in [0.4, 0.5) is 14.6 Å². The minimum absolute atomic E-state index is 0.0284. The Balaban J connectivity index is 1.88. The Labute approximate surface area is 252 Å². The molecular formula is C30H28ClF2N5O4S. The molecule has 13 heteroatoms. The van der Waals surface area contributed by atoms with Crippen molar-refractivity contribution in [1.82, 2.24) is 19.4 Å². The van der Waals surface area contributed by atoms with E-state index >= 15 is 8.78 Å². The summed E-state index contributed by atoms with van der Waals surface area (Å²) < 4.78 is 57.8. The van der Waals surface area contributed by atoms with Crippen LogP contribution in [0.5, 0.6) is 0 Å². The maximum Gasteiger partial charge on any atom is 0.355 e. The van der Waals surface area contributed by atoms with Crippen molar-refractivity contribution in [3.05, 3.63) is 87.8 Å². The number of carbonyl (C=O) groups excluding carboxylic acids is 1. The van der Waals surface area contributed by atoms with Gasteiger partial charge in [0.2, 0.25) is 5.91 Å². The fraction of sp³-hybridized carbons (Fsp3) is 0.267. The molecule has 1 amide bonds. The number of aromatic nitrogens is 3. The first kappa shape index (κ1) is 30.3. The highest BCUT2D eigenvalue weighted by Gasteiger charge is 2.31. The predicted molar refractivity (Wildman–Crippen MR) is 162 cm³/mol. The summed E-state index contributed by atoms with van der Waals surface area (Å²) in [6.07, 6.45) is 2.58. The van der Waals surface area contributed by atoms with Crippen molar-refractivity contribution in [1.29, 1.82) is 0 Å². The number of hydrogen-bond donors (Lipinski definition) is 0.